The number of methoxy groups -OCH3 is 1. The minimum absolute atomic E-state index is 0.101. The van der Waals surface area contributed by atoms with Gasteiger partial charge in [0, 0.05) is 29.2 Å². The van der Waals surface area contributed by atoms with Crippen LogP contribution in [0.25, 0.3) is 0 Å². The molecule has 1 N–H and O–H groups in total. The highest BCUT2D eigenvalue weighted by atomic mass is 16.6. The van der Waals surface area contributed by atoms with Gasteiger partial charge in [0.25, 0.3) is 5.69 Å². The van der Waals surface area contributed by atoms with Crippen LogP contribution in [0.4, 0.5) is 11.4 Å². The van der Waals surface area contributed by atoms with E-state index in [9.17, 15) is 19.7 Å². The number of fused-ring (bicyclic) bond motifs is 1. The highest BCUT2D eigenvalue weighted by Gasteiger charge is 2.26. The van der Waals surface area contributed by atoms with Crippen LogP contribution >= 0.6 is 0 Å². The van der Waals surface area contributed by atoms with Crippen LogP contribution < -0.4 is 10.1 Å². The molecule has 0 saturated carbocycles. The quantitative estimate of drug-likeness (QED) is 0.263. The van der Waals surface area contributed by atoms with Crippen molar-refractivity contribution in [1.82, 2.24) is 0 Å². The van der Waals surface area contributed by atoms with Crippen molar-refractivity contribution in [3.63, 3.8) is 0 Å². The number of carbonyl (C=O) groups excluding carboxylic acids is 2. The molecule has 0 aliphatic carbocycles. The molecule has 1 atom stereocenters. The molecule has 0 saturated heterocycles. The van der Waals surface area contributed by atoms with Crippen LogP contribution in [0.5, 0.6) is 5.75 Å². The smallest absolute Gasteiger partial charge is 0.338 e. The number of ketones is 1. The number of nitro groups is 1. The predicted octanol–water partition coefficient (Wildman–Crippen LogP) is 4.55. The normalized spacial score (nSPS) is 14.6. The summed E-state index contributed by atoms with van der Waals surface area (Å²) in [5, 5.41) is 15.0. The number of carbonyl (C=O) groups is 2. The van der Waals surface area contributed by atoms with Gasteiger partial charge in [-0.25, -0.2) is 4.79 Å². The Morgan fingerprint density at radius 3 is 2.53 bits per heavy atom. The molecule has 8 heteroatoms. The maximum Gasteiger partial charge on any atom is 0.338 e. The summed E-state index contributed by atoms with van der Waals surface area (Å²) in [4.78, 5) is 36.3. The van der Waals surface area contributed by atoms with Crippen LogP contribution in [0.2, 0.25) is 0 Å². The Hall–Kier alpha value is -4.20. The monoisotopic (exact) mass is 432 g/mol. The van der Waals surface area contributed by atoms with Gasteiger partial charge in [0.15, 0.2) is 5.78 Å². The van der Waals surface area contributed by atoms with E-state index in [1.807, 2.05) is 24.3 Å². The SMILES string of the molecule is COC(=O)c1ccccc1C(=O)c1ccc(N[C@H]2CCOc3ccccc32)c([N+](=O)[O-])c1. The van der Waals surface area contributed by atoms with Crippen LogP contribution in [-0.4, -0.2) is 30.4 Å². The Labute approximate surface area is 183 Å². The number of rotatable bonds is 6. The number of hydrogen-bond acceptors (Lipinski definition) is 7. The minimum atomic E-state index is -0.653. The molecule has 0 bridgehead atoms. The topological polar surface area (TPSA) is 108 Å². The zero-order valence-electron chi connectivity index (χ0n) is 17.2. The number of benzene rings is 3. The van der Waals surface area contributed by atoms with Crippen LogP contribution in [-0.2, 0) is 4.74 Å². The van der Waals surface area contributed by atoms with Gasteiger partial charge < -0.3 is 14.8 Å². The number of nitro benzene ring substituents is 1. The number of ether oxygens (including phenoxy) is 2. The maximum absolute atomic E-state index is 13.1. The first-order chi connectivity index (χ1) is 15.5. The zero-order valence-corrected chi connectivity index (χ0v) is 17.2. The van der Waals surface area contributed by atoms with Crippen molar-refractivity contribution >= 4 is 23.1 Å². The Morgan fingerprint density at radius 2 is 1.78 bits per heavy atom. The summed E-state index contributed by atoms with van der Waals surface area (Å²) >= 11 is 0. The second-order valence-corrected chi connectivity index (χ2v) is 7.23. The summed E-state index contributed by atoms with van der Waals surface area (Å²) in [5.41, 5.74) is 1.31. The van der Waals surface area contributed by atoms with E-state index >= 15 is 0 Å². The Balaban J connectivity index is 1.68. The molecule has 1 aliphatic rings. The number of para-hydroxylation sites is 1. The molecular formula is C24H20N2O6. The molecule has 0 amide bonds. The van der Waals surface area contributed by atoms with Gasteiger partial charge in [0.05, 0.1) is 30.2 Å². The van der Waals surface area contributed by atoms with Gasteiger partial charge in [-0.3, -0.25) is 14.9 Å². The van der Waals surface area contributed by atoms with Gasteiger partial charge in [0.2, 0.25) is 0 Å². The summed E-state index contributed by atoms with van der Waals surface area (Å²) in [6.45, 7) is 0.489. The molecule has 0 unspecified atom stereocenters. The van der Waals surface area contributed by atoms with Crippen molar-refractivity contribution in [3.05, 3.63) is 99.1 Å². The molecule has 0 aromatic heterocycles. The molecule has 162 valence electrons. The fourth-order valence-electron chi connectivity index (χ4n) is 3.75. The minimum Gasteiger partial charge on any atom is -0.493 e. The van der Waals surface area contributed by atoms with Crippen LogP contribution in [0, 0.1) is 10.1 Å². The fourth-order valence-corrected chi connectivity index (χ4v) is 3.75. The largest absolute Gasteiger partial charge is 0.493 e. The molecule has 4 rings (SSSR count). The molecule has 3 aromatic carbocycles. The number of nitrogens with zero attached hydrogens (tertiary/aromatic N) is 1. The van der Waals surface area contributed by atoms with Crippen molar-refractivity contribution < 1.29 is 24.0 Å². The predicted molar refractivity (Wildman–Crippen MR) is 117 cm³/mol. The highest BCUT2D eigenvalue weighted by molar-refractivity contribution is 6.14. The maximum atomic E-state index is 13.1. The lowest BCUT2D eigenvalue weighted by atomic mass is 9.97. The van der Waals surface area contributed by atoms with Crippen molar-refractivity contribution in [2.24, 2.45) is 0 Å². The van der Waals surface area contributed by atoms with Gasteiger partial charge in [-0.15, -0.1) is 0 Å². The number of hydrogen-bond donors (Lipinski definition) is 1. The molecule has 32 heavy (non-hydrogen) atoms. The van der Waals surface area contributed by atoms with E-state index in [-0.39, 0.29) is 28.4 Å². The first-order valence-corrected chi connectivity index (χ1v) is 9.98. The molecule has 1 heterocycles. The van der Waals surface area contributed by atoms with Crippen molar-refractivity contribution in [2.45, 2.75) is 12.5 Å². The second-order valence-electron chi connectivity index (χ2n) is 7.23. The van der Waals surface area contributed by atoms with E-state index in [1.54, 1.807) is 12.1 Å². The van der Waals surface area contributed by atoms with Crippen LogP contribution in [0.15, 0.2) is 66.7 Å². The highest BCUT2D eigenvalue weighted by Crippen LogP contribution is 2.37. The van der Waals surface area contributed by atoms with Gasteiger partial charge in [0.1, 0.15) is 11.4 Å². The van der Waals surface area contributed by atoms with E-state index in [0.717, 1.165) is 11.3 Å². The third kappa shape index (κ3) is 4.02. The summed E-state index contributed by atoms with van der Waals surface area (Å²) in [6.07, 6.45) is 0.640. The van der Waals surface area contributed by atoms with E-state index in [4.69, 9.17) is 9.47 Å². The Bertz CT molecular complexity index is 1210. The first kappa shape index (κ1) is 21.0. The third-order valence-electron chi connectivity index (χ3n) is 5.32. The molecule has 0 fully saturated rings. The number of nitrogens with one attached hydrogen (secondary N) is 1. The van der Waals surface area contributed by atoms with Crippen LogP contribution in [0.3, 0.4) is 0 Å². The average Bonchev–Trinajstić information content (AvgIpc) is 2.83. The number of anilines is 1. The molecular weight excluding hydrogens is 412 g/mol. The van der Waals surface area contributed by atoms with Crippen LogP contribution in [0.1, 0.15) is 44.3 Å². The lowest BCUT2D eigenvalue weighted by molar-refractivity contribution is -0.384. The zero-order chi connectivity index (χ0) is 22.7. The fraction of sp³-hybridized carbons (Fsp3) is 0.167. The lowest BCUT2D eigenvalue weighted by Gasteiger charge is -2.27. The van der Waals surface area contributed by atoms with Crippen molar-refractivity contribution in [1.29, 1.82) is 0 Å². The third-order valence-corrected chi connectivity index (χ3v) is 5.32. The van der Waals surface area contributed by atoms with Crippen molar-refractivity contribution in [2.75, 3.05) is 19.0 Å². The number of esters is 1. The van der Waals surface area contributed by atoms with Gasteiger partial charge in [-0.1, -0.05) is 36.4 Å². The van der Waals surface area contributed by atoms with Gasteiger partial charge in [-0.2, -0.15) is 0 Å². The first-order valence-electron chi connectivity index (χ1n) is 9.98. The standard InChI is InChI=1S/C24H20N2O6/c1-31-24(28)17-7-3-2-6-16(17)23(27)15-10-11-20(21(14-15)26(29)30)25-19-12-13-32-22-9-5-4-8-18(19)22/h2-11,14,19,25H,12-13H2,1H3/t19-/m0/s1. The van der Waals surface area contributed by atoms with E-state index in [0.29, 0.717) is 18.7 Å². The molecule has 8 nitrogen and oxygen atoms in total. The van der Waals surface area contributed by atoms with E-state index < -0.39 is 16.7 Å². The average molecular weight is 432 g/mol. The molecule has 0 spiro atoms. The summed E-state index contributed by atoms with van der Waals surface area (Å²) in [5.74, 6) is -0.415. The Morgan fingerprint density at radius 1 is 1.06 bits per heavy atom. The molecule has 1 aliphatic heterocycles. The van der Waals surface area contributed by atoms with Gasteiger partial charge in [-0.05, 0) is 24.3 Å². The van der Waals surface area contributed by atoms with Gasteiger partial charge >= 0.3 is 5.97 Å². The lowest BCUT2D eigenvalue weighted by Crippen LogP contribution is -2.20. The summed E-state index contributed by atoms with van der Waals surface area (Å²) < 4.78 is 10.4. The van der Waals surface area contributed by atoms with E-state index in [1.165, 1.54) is 37.4 Å². The van der Waals surface area contributed by atoms with Crippen molar-refractivity contribution in [3.8, 4) is 5.75 Å². The van der Waals surface area contributed by atoms with E-state index in [2.05, 4.69) is 5.32 Å². The molecule has 3 aromatic rings. The summed E-state index contributed by atoms with van der Waals surface area (Å²) in [7, 11) is 1.23. The summed E-state index contributed by atoms with van der Waals surface area (Å²) in [6, 6.07) is 17.8. The Kier molecular flexibility index (Phi) is 5.85. The second kappa shape index (κ2) is 8.89. The molecule has 0 radical (unpaired) electrons.